The molecule has 0 saturated heterocycles. The third-order valence-electron chi connectivity index (χ3n) is 5.80. The van der Waals surface area contributed by atoms with Gasteiger partial charge in [0.05, 0.1) is 18.3 Å². The van der Waals surface area contributed by atoms with Gasteiger partial charge in [0.1, 0.15) is 5.75 Å². The average Bonchev–Trinajstić information content (AvgIpc) is 2.85. The molecule has 4 aromatic rings. The lowest BCUT2D eigenvalue weighted by atomic mass is 10.1. The van der Waals surface area contributed by atoms with Crippen molar-refractivity contribution >= 4 is 33.5 Å². The fourth-order valence-corrected chi connectivity index (χ4v) is 4.03. The summed E-state index contributed by atoms with van der Waals surface area (Å²) in [4.78, 5) is 17.2. The Balaban J connectivity index is 1.38. The molecule has 0 aliphatic rings. The molecule has 0 saturated carbocycles. The Bertz CT molecular complexity index is 1360. The molecule has 1 unspecified atom stereocenters. The molecule has 0 aliphatic carbocycles. The maximum Gasteiger partial charge on any atom is 0.350 e. The van der Waals surface area contributed by atoms with Crippen LogP contribution in [0.3, 0.4) is 0 Å². The van der Waals surface area contributed by atoms with Gasteiger partial charge in [0, 0.05) is 49.3 Å². The molecule has 4 rings (SSSR count). The summed E-state index contributed by atoms with van der Waals surface area (Å²) in [6.07, 6.45) is 3.20. The highest BCUT2D eigenvalue weighted by Gasteiger charge is 2.30. The number of carbonyl (C=O) groups is 1. The number of para-hydroxylation sites is 2. The Morgan fingerprint density at radius 2 is 1.85 bits per heavy atom. The number of nitrogens with one attached hydrogen (secondary N) is 2. The number of ether oxygens (including phenoxy) is 1. The number of rotatable bonds is 8. The van der Waals surface area contributed by atoms with Gasteiger partial charge in [0.25, 0.3) is 16.7 Å². The number of hydrogen-bond donors (Lipinski definition) is 2. The number of pyridine rings is 1. The minimum atomic E-state index is -0.563. The number of nitrogens with zero attached hydrogens (tertiary/aromatic N) is 3. The van der Waals surface area contributed by atoms with Gasteiger partial charge in [-0.15, -0.1) is 4.73 Å². The third-order valence-corrected chi connectivity index (χ3v) is 5.80. The van der Waals surface area contributed by atoms with Crippen LogP contribution in [0.1, 0.15) is 35.9 Å². The van der Waals surface area contributed by atoms with Crippen LogP contribution in [-0.2, 0) is 0 Å². The Morgan fingerprint density at radius 1 is 1.12 bits per heavy atom. The lowest BCUT2D eigenvalue weighted by molar-refractivity contribution is -0.635. The summed E-state index contributed by atoms with van der Waals surface area (Å²) in [7, 11) is 1.63. The van der Waals surface area contributed by atoms with Crippen molar-refractivity contribution in [3.05, 3.63) is 76.5 Å². The molecule has 9 heteroatoms. The second-order valence-electron chi connectivity index (χ2n) is 8.21. The zero-order chi connectivity index (χ0) is 24.2. The van der Waals surface area contributed by atoms with Crippen molar-refractivity contribution in [2.45, 2.75) is 32.7 Å². The Hall–Kier alpha value is -4.14. The van der Waals surface area contributed by atoms with E-state index in [2.05, 4.69) is 22.5 Å². The second-order valence-corrected chi connectivity index (χ2v) is 8.21. The van der Waals surface area contributed by atoms with Gasteiger partial charge in [-0.2, -0.15) is 4.73 Å². The van der Waals surface area contributed by atoms with Crippen molar-refractivity contribution in [1.82, 2.24) is 10.3 Å². The first-order valence-corrected chi connectivity index (χ1v) is 11.1. The molecule has 1 amide bonds. The summed E-state index contributed by atoms with van der Waals surface area (Å²) in [6, 6.07) is 14.2. The highest BCUT2D eigenvalue weighted by molar-refractivity contribution is 5.92. The van der Waals surface area contributed by atoms with Crippen molar-refractivity contribution in [3.8, 4) is 5.75 Å². The van der Waals surface area contributed by atoms with Crippen LogP contribution in [0.4, 0.5) is 5.69 Å². The molecule has 2 heterocycles. The van der Waals surface area contributed by atoms with Crippen molar-refractivity contribution in [2.24, 2.45) is 0 Å². The average molecular weight is 462 g/mol. The topological polar surface area (TPSA) is 117 Å². The normalized spacial score (nSPS) is 12.0. The van der Waals surface area contributed by atoms with Crippen LogP contribution >= 0.6 is 0 Å². The highest BCUT2D eigenvalue weighted by atomic mass is 16.5. The van der Waals surface area contributed by atoms with Crippen molar-refractivity contribution in [1.29, 1.82) is 0 Å². The molecule has 176 valence electrons. The second kappa shape index (κ2) is 9.78. The summed E-state index contributed by atoms with van der Waals surface area (Å²) in [5, 5.41) is 32.4. The summed E-state index contributed by atoms with van der Waals surface area (Å²) in [6.45, 7) is 3.89. The highest BCUT2D eigenvalue weighted by Crippen LogP contribution is 2.28. The molecule has 0 bridgehead atoms. The van der Waals surface area contributed by atoms with Crippen molar-refractivity contribution in [3.63, 3.8) is 0 Å². The zero-order valence-corrected chi connectivity index (χ0v) is 19.4. The van der Waals surface area contributed by atoms with Crippen LogP contribution < -0.4 is 24.8 Å². The smallest absolute Gasteiger partial charge is 0.350 e. The molecule has 0 fully saturated rings. The Morgan fingerprint density at radius 3 is 2.59 bits per heavy atom. The lowest BCUT2D eigenvalue weighted by Gasteiger charge is -2.17. The van der Waals surface area contributed by atoms with E-state index in [4.69, 9.17) is 4.74 Å². The molecule has 2 N–H and O–H groups in total. The molecule has 2 aromatic carbocycles. The molecule has 9 nitrogen and oxygen atoms in total. The first kappa shape index (κ1) is 23.0. The molecule has 2 aromatic heterocycles. The molecule has 1 atom stereocenters. The van der Waals surface area contributed by atoms with E-state index >= 15 is 0 Å². The van der Waals surface area contributed by atoms with Gasteiger partial charge in [-0.25, -0.2) is 0 Å². The van der Waals surface area contributed by atoms with Crippen LogP contribution in [0, 0.1) is 17.3 Å². The maximum atomic E-state index is 12.7. The van der Waals surface area contributed by atoms with E-state index < -0.39 is 5.91 Å². The monoisotopic (exact) mass is 461 g/mol. The van der Waals surface area contributed by atoms with E-state index in [1.807, 2.05) is 24.3 Å². The third kappa shape index (κ3) is 4.50. The minimum Gasteiger partial charge on any atom is -0.618 e. The molecule has 0 radical (unpaired) electrons. The number of carbonyl (C=O) groups excluding carboxylic acids is 1. The van der Waals surface area contributed by atoms with Gasteiger partial charge in [0.2, 0.25) is 0 Å². The van der Waals surface area contributed by atoms with E-state index in [1.165, 1.54) is 13.0 Å². The molecular formula is C25H27N5O4. The van der Waals surface area contributed by atoms with Gasteiger partial charge >= 0.3 is 11.6 Å². The first-order valence-electron chi connectivity index (χ1n) is 11.1. The summed E-state index contributed by atoms with van der Waals surface area (Å²) < 4.78 is 6.55. The van der Waals surface area contributed by atoms with Gasteiger partial charge in [0.15, 0.2) is 0 Å². The fourth-order valence-electron chi connectivity index (χ4n) is 4.03. The van der Waals surface area contributed by atoms with Crippen molar-refractivity contribution in [2.75, 3.05) is 19.0 Å². The number of anilines is 1. The molecule has 34 heavy (non-hydrogen) atoms. The summed E-state index contributed by atoms with van der Waals surface area (Å²) >= 11 is 0. The van der Waals surface area contributed by atoms with E-state index in [-0.39, 0.29) is 28.5 Å². The van der Waals surface area contributed by atoms with E-state index in [1.54, 1.807) is 31.5 Å². The quantitative estimate of drug-likeness (QED) is 0.237. The number of benzene rings is 2. The van der Waals surface area contributed by atoms with Gasteiger partial charge in [-0.1, -0.05) is 18.2 Å². The molecular weight excluding hydrogens is 434 g/mol. The van der Waals surface area contributed by atoms with E-state index in [0.717, 1.165) is 28.8 Å². The van der Waals surface area contributed by atoms with Crippen molar-refractivity contribution < 1.29 is 19.0 Å². The van der Waals surface area contributed by atoms with Crippen LogP contribution in [0.15, 0.2) is 54.7 Å². The van der Waals surface area contributed by atoms with Crippen LogP contribution in [0.2, 0.25) is 0 Å². The molecule has 0 aliphatic heterocycles. The number of aromatic nitrogens is 3. The van der Waals surface area contributed by atoms with Crippen LogP contribution in [0.25, 0.3) is 21.9 Å². The lowest BCUT2D eigenvalue weighted by Crippen LogP contribution is -2.48. The van der Waals surface area contributed by atoms with E-state index in [0.29, 0.717) is 22.4 Å². The number of amides is 1. The van der Waals surface area contributed by atoms with Gasteiger partial charge in [-0.05, 0) is 31.9 Å². The fraction of sp³-hybridized carbons (Fsp3) is 0.280. The number of methoxy groups -OCH3 is 1. The van der Waals surface area contributed by atoms with Gasteiger partial charge < -0.3 is 25.8 Å². The van der Waals surface area contributed by atoms with Gasteiger partial charge in [-0.3, -0.25) is 9.78 Å². The van der Waals surface area contributed by atoms with Crippen LogP contribution in [-0.4, -0.2) is 30.6 Å². The minimum absolute atomic E-state index is 0.0682. The predicted molar refractivity (Wildman–Crippen MR) is 130 cm³/mol. The van der Waals surface area contributed by atoms with E-state index in [9.17, 15) is 15.2 Å². The summed E-state index contributed by atoms with van der Waals surface area (Å²) in [5.74, 6) is 0.182. The SMILES string of the molecule is COc1cc(NC(C)CCCNC(=O)c2c(C)[n+]([O-])c3ccccc3[n+]2[O-])c2ncccc2c1. The maximum absolute atomic E-state index is 12.7. The standard InChI is InChI=1S/C25H27N5O4/c1-16(28-20-15-19(34-3)14-18-9-7-12-26-23(18)20)8-6-13-27-25(31)24-17(2)29(32)21-10-4-5-11-22(21)30(24)33/h4-5,7,9-12,14-16,28H,6,8,13H2,1-3H3,(H,27,31). The number of fused-ring (bicyclic) bond motifs is 2. The summed E-state index contributed by atoms with van der Waals surface area (Å²) in [5.41, 5.74) is 2.01. The first-order chi connectivity index (χ1) is 16.4. The Labute approximate surface area is 197 Å². The largest absolute Gasteiger partial charge is 0.618 e. The predicted octanol–water partition coefficient (Wildman–Crippen LogP) is 2.98. The van der Waals surface area contributed by atoms with Crippen LogP contribution in [0.5, 0.6) is 5.75 Å². The molecule has 0 spiro atoms. The number of hydrogen-bond acceptors (Lipinski definition) is 6. The zero-order valence-electron chi connectivity index (χ0n) is 19.4. The Kier molecular flexibility index (Phi) is 6.62.